The lowest BCUT2D eigenvalue weighted by atomic mass is 10.1. The quantitative estimate of drug-likeness (QED) is 0.609. The Bertz CT molecular complexity index is 965. The molecular weight excluding hydrogens is 418 g/mol. The average molecular weight is 446 g/mol. The molecule has 2 aliphatic heterocycles. The third-order valence-corrected chi connectivity index (χ3v) is 6.84. The third kappa shape index (κ3) is 4.25. The van der Waals surface area contributed by atoms with Gasteiger partial charge in [-0.3, -0.25) is 0 Å². The Labute approximate surface area is 187 Å². The first-order chi connectivity index (χ1) is 14.3. The molecule has 0 radical (unpaired) electrons. The maximum atomic E-state index is 5.45. The second kappa shape index (κ2) is 9.47. The Balaban J connectivity index is 0.00000218. The highest BCUT2D eigenvalue weighted by Gasteiger charge is 2.21. The molecule has 3 aromatic rings. The Morgan fingerprint density at radius 2 is 1.80 bits per heavy atom. The van der Waals surface area contributed by atoms with Crippen LogP contribution >= 0.6 is 23.7 Å². The van der Waals surface area contributed by atoms with Gasteiger partial charge in [-0.05, 0) is 41.6 Å². The number of anilines is 2. The molecule has 2 saturated heterocycles. The second-order valence-corrected chi connectivity index (χ2v) is 8.51. The number of morpholine rings is 1. The van der Waals surface area contributed by atoms with Gasteiger partial charge < -0.3 is 19.4 Å². The molecule has 160 valence electrons. The summed E-state index contributed by atoms with van der Waals surface area (Å²) in [6.07, 6.45) is 1.96. The normalized spacial score (nSPS) is 17.9. The molecule has 2 fully saturated rings. The number of rotatable bonds is 4. The fraction of sp³-hybridized carbons (Fsp3) is 0.455. The van der Waals surface area contributed by atoms with Crippen LogP contribution in [-0.2, 0) is 4.74 Å². The highest BCUT2D eigenvalue weighted by Crippen LogP contribution is 2.34. The molecule has 0 unspecified atom stereocenters. The van der Waals surface area contributed by atoms with Gasteiger partial charge >= 0.3 is 0 Å². The largest absolute Gasteiger partial charge is 0.378 e. The molecule has 0 saturated carbocycles. The predicted molar refractivity (Wildman–Crippen MR) is 127 cm³/mol. The zero-order valence-electron chi connectivity index (χ0n) is 17.3. The van der Waals surface area contributed by atoms with Crippen molar-refractivity contribution in [3.8, 4) is 11.3 Å². The summed E-state index contributed by atoms with van der Waals surface area (Å²) in [6, 6.07) is 8.66. The van der Waals surface area contributed by atoms with Gasteiger partial charge in [-0.25, -0.2) is 9.97 Å². The third-order valence-electron chi connectivity index (χ3n) is 5.92. The number of halogens is 1. The lowest BCUT2D eigenvalue weighted by molar-refractivity contribution is 0.122. The maximum Gasteiger partial charge on any atom is 0.147 e. The number of hydrogen-bond acceptors (Lipinski definition) is 7. The van der Waals surface area contributed by atoms with Crippen LogP contribution in [-0.4, -0.2) is 73.9 Å². The molecule has 5 rings (SSSR count). The summed E-state index contributed by atoms with van der Waals surface area (Å²) in [5.74, 6) is 2.14. The van der Waals surface area contributed by atoms with Crippen LogP contribution in [0.5, 0.6) is 0 Å². The molecule has 6 nitrogen and oxygen atoms in total. The number of nitrogens with zero attached hydrogens (tertiary/aromatic N) is 5. The summed E-state index contributed by atoms with van der Waals surface area (Å²) in [6.45, 7) is 11.0. The van der Waals surface area contributed by atoms with Crippen molar-refractivity contribution in [1.29, 1.82) is 0 Å². The van der Waals surface area contributed by atoms with Crippen LogP contribution in [0.3, 0.4) is 0 Å². The molecule has 5 heterocycles. The molecule has 0 spiro atoms. The van der Waals surface area contributed by atoms with Crippen LogP contribution in [0.1, 0.15) is 6.92 Å². The number of thiophene rings is 1. The molecular formula is C22H28ClN5OS. The number of fused-ring (bicyclic) bond motifs is 1. The fourth-order valence-electron chi connectivity index (χ4n) is 4.11. The van der Waals surface area contributed by atoms with Crippen LogP contribution in [0.2, 0.25) is 0 Å². The van der Waals surface area contributed by atoms with Crippen LogP contribution in [0.25, 0.3) is 21.3 Å². The van der Waals surface area contributed by atoms with Crippen molar-refractivity contribution in [2.45, 2.75) is 6.92 Å². The molecule has 0 atom stereocenters. The lowest BCUT2D eigenvalue weighted by Gasteiger charge is -2.35. The van der Waals surface area contributed by atoms with Crippen LogP contribution < -0.4 is 9.80 Å². The van der Waals surface area contributed by atoms with E-state index >= 15 is 0 Å². The van der Waals surface area contributed by atoms with Gasteiger partial charge in [0.1, 0.15) is 11.6 Å². The first kappa shape index (κ1) is 21.3. The van der Waals surface area contributed by atoms with E-state index in [-0.39, 0.29) is 12.4 Å². The van der Waals surface area contributed by atoms with Gasteiger partial charge in [-0.1, -0.05) is 6.92 Å². The van der Waals surface area contributed by atoms with Crippen molar-refractivity contribution >= 4 is 45.5 Å². The van der Waals surface area contributed by atoms with E-state index in [9.17, 15) is 0 Å². The van der Waals surface area contributed by atoms with E-state index in [1.165, 1.54) is 10.1 Å². The number of ether oxygens (including phenoxy) is 1. The lowest BCUT2D eigenvalue weighted by Crippen LogP contribution is -2.46. The van der Waals surface area contributed by atoms with Crippen molar-refractivity contribution < 1.29 is 4.74 Å². The van der Waals surface area contributed by atoms with E-state index in [1.54, 1.807) is 11.3 Å². The fourth-order valence-corrected chi connectivity index (χ4v) is 5.01. The van der Waals surface area contributed by atoms with Crippen molar-refractivity contribution in [2.75, 3.05) is 68.8 Å². The van der Waals surface area contributed by atoms with Crippen molar-refractivity contribution in [1.82, 2.24) is 14.9 Å². The summed E-state index contributed by atoms with van der Waals surface area (Å²) in [4.78, 5) is 17.1. The molecule has 3 aromatic heterocycles. The Morgan fingerprint density at radius 3 is 2.50 bits per heavy atom. The molecule has 0 N–H and O–H groups in total. The van der Waals surface area contributed by atoms with Gasteiger partial charge in [0, 0.05) is 51.0 Å². The Kier molecular flexibility index (Phi) is 6.73. The highest BCUT2D eigenvalue weighted by molar-refractivity contribution is 7.17. The van der Waals surface area contributed by atoms with E-state index in [2.05, 4.69) is 51.3 Å². The Hall–Kier alpha value is -1.93. The predicted octanol–water partition coefficient (Wildman–Crippen LogP) is 3.76. The van der Waals surface area contributed by atoms with Gasteiger partial charge in [0.05, 0.1) is 23.6 Å². The summed E-state index contributed by atoms with van der Waals surface area (Å²) < 4.78 is 6.73. The first-order valence-corrected chi connectivity index (χ1v) is 11.3. The molecule has 30 heavy (non-hydrogen) atoms. The van der Waals surface area contributed by atoms with E-state index in [0.717, 1.165) is 81.9 Å². The SMILES string of the molecule is CCN1CCN(c2nc(-c3ccc(N4CCOCC4)nc3)cc3ccsc23)CC1.Cl. The number of likely N-dealkylation sites (N-methyl/N-ethyl adjacent to an activating group) is 1. The van der Waals surface area contributed by atoms with Crippen LogP contribution in [0.15, 0.2) is 35.8 Å². The minimum Gasteiger partial charge on any atom is -0.378 e. The number of hydrogen-bond donors (Lipinski definition) is 0. The topological polar surface area (TPSA) is 44.7 Å². The second-order valence-electron chi connectivity index (χ2n) is 7.60. The van der Waals surface area contributed by atoms with Crippen molar-refractivity contribution in [3.05, 3.63) is 35.8 Å². The minimum absolute atomic E-state index is 0. The van der Waals surface area contributed by atoms with Crippen LogP contribution in [0.4, 0.5) is 11.6 Å². The molecule has 2 aliphatic rings. The van der Waals surface area contributed by atoms with E-state index in [0.29, 0.717) is 0 Å². The smallest absolute Gasteiger partial charge is 0.147 e. The maximum absolute atomic E-state index is 5.45. The molecule has 0 amide bonds. The molecule has 0 bridgehead atoms. The van der Waals surface area contributed by atoms with Gasteiger partial charge in [0.25, 0.3) is 0 Å². The van der Waals surface area contributed by atoms with Crippen molar-refractivity contribution in [2.24, 2.45) is 0 Å². The molecule has 0 aromatic carbocycles. The summed E-state index contributed by atoms with van der Waals surface area (Å²) in [5, 5.41) is 3.44. The summed E-state index contributed by atoms with van der Waals surface area (Å²) in [5.41, 5.74) is 2.08. The van der Waals surface area contributed by atoms with Gasteiger partial charge in [-0.2, -0.15) is 0 Å². The average Bonchev–Trinajstić information content (AvgIpc) is 3.28. The summed E-state index contributed by atoms with van der Waals surface area (Å²) >= 11 is 1.79. The van der Waals surface area contributed by atoms with Gasteiger partial charge in [0.2, 0.25) is 0 Å². The number of aromatic nitrogens is 2. The molecule has 8 heteroatoms. The van der Waals surface area contributed by atoms with Crippen molar-refractivity contribution in [3.63, 3.8) is 0 Å². The Morgan fingerprint density at radius 1 is 1.00 bits per heavy atom. The summed E-state index contributed by atoms with van der Waals surface area (Å²) in [7, 11) is 0. The van der Waals surface area contributed by atoms with E-state index in [4.69, 9.17) is 14.7 Å². The van der Waals surface area contributed by atoms with E-state index in [1.807, 2.05) is 6.20 Å². The van der Waals surface area contributed by atoms with Gasteiger partial charge in [-0.15, -0.1) is 23.7 Å². The zero-order valence-corrected chi connectivity index (χ0v) is 18.9. The highest BCUT2D eigenvalue weighted by atomic mass is 35.5. The zero-order chi connectivity index (χ0) is 19.6. The number of piperazine rings is 1. The van der Waals surface area contributed by atoms with E-state index < -0.39 is 0 Å². The monoisotopic (exact) mass is 445 g/mol. The van der Waals surface area contributed by atoms with Gasteiger partial charge in [0.15, 0.2) is 0 Å². The standard InChI is InChI=1S/C22H27N5OS.ClH/c1-2-25-6-8-27(9-7-25)22-21-17(5-14-29-21)15-19(24-22)18-3-4-20(23-16-18)26-10-12-28-13-11-26;/h3-5,14-16H,2,6-13H2,1H3;1H. The number of pyridine rings is 2. The molecule has 0 aliphatic carbocycles. The van der Waals surface area contributed by atoms with Crippen LogP contribution in [0, 0.1) is 0 Å². The minimum atomic E-state index is 0. The first-order valence-electron chi connectivity index (χ1n) is 10.5.